The zero-order valence-electron chi connectivity index (χ0n) is 10.5. The van der Waals surface area contributed by atoms with Crippen LogP contribution in [-0.4, -0.2) is 11.9 Å². The van der Waals surface area contributed by atoms with Crippen molar-refractivity contribution >= 4 is 12.4 Å². The molecule has 0 amide bonds. The molecule has 0 atom stereocenters. The SMILES string of the molecule is CB1OCc2cc(Oc3cccc(C)n3)ccc21. The van der Waals surface area contributed by atoms with Crippen molar-refractivity contribution in [3.8, 4) is 11.6 Å². The number of rotatable bonds is 2. The Bertz CT molecular complexity index is 586. The van der Waals surface area contributed by atoms with Crippen molar-refractivity contribution in [2.24, 2.45) is 0 Å². The Morgan fingerprint density at radius 1 is 1.28 bits per heavy atom. The normalized spacial score (nSPS) is 13.6. The maximum atomic E-state index is 5.75. The van der Waals surface area contributed by atoms with Crippen molar-refractivity contribution in [2.75, 3.05) is 0 Å². The van der Waals surface area contributed by atoms with E-state index in [4.69, 9.17) is 9.39 Å². The molecule has 1 aliphatic heterocycles. The van der Waals surface area contributed by atoms with Crippen molar-refractivity contribution < 1.29 is 9.39 Å². The van der Waals surface area contributed by atoms with Crippen LogP contribution < -0.4 is 10.2 Å². The number of nitrogens with zero attached hydrogens (tertiary/aromatic N) is 1. The smallest absolute Gasteiger partial charge is 0.324 e. The lowest BCUT2D eigenvalue weighted by Crippen LogP contribution is -2.23. The summed E-state index contributed by atoms with van der Waals surface area (Å²) in [4.78, 5) is 4.32. The van der Waals surface area contributed by atoms with Gasteiger partial charge in [0.2, 0.25) is 5.88 Å². The van der Waals surface area contributed by atoms with E-state index in [0.717, 1.165) is 11.4 Å². The molecular weight excluding hydrogens is 225 g/mol. The first-order chi connectivity index (χ1) is 8.72. The van der Waals surface area contributed by atoms with E-state index in [9.17, 15) is 0 Å². The molecule has 0 fully saturated rings. The molecule has 90 valence electrons. The highest BCUT2D eigenvalue weighted by molar-refractivity contribution is 6.67. The Morgan fingerprint density at radius 3 is 3.00 bits per heavy atom. The van der Waals surface area contributed by atoms with Crippen LogP contribution in [0, 0.1) is 6.92 Å². The van der Waals surface area contributed by atoms with Crippen molar-refractivity contribution in [3.63, 3.8) is 0 Å². The highest BCUT2D eigenvalue weighted by Crippen LogP contribution is 2.22. The van der Waals surface area contributed by atoms with E-state index in [0.29, 0.717) is 12.5 Å². The Labute approximate surface area is 107 Å². The fraction of sp³-hybridized carbons (Fsp3) is 0.214. The molecule has 1 aliphatic rings. The van der Waals surface area contributed by atoms with Gasteiger partial charge in [-0.25, -0.2) is 4.98 Å². The van der Waals surface area contributed by atoms with Gasteiger partial charge in [-0.15, -0.1) is 0 Å². The first-order valence-corrected chi connectivity index (χ1v) is 6.08. The van der Waals surface area contributed by atoms with Crippen LogP contribution in [0.25, 0.3) is 0 Å². The standard InChI is InChI=1S/C14H14BNO2/c1-10-4-3-5-14(16-10)18-12-6-7-13-11(8-12)9-17-15(13)2/h3-8H,9H2,1-2H3. The number of hydrogen-bond donors (Lipinski definition) is 0. The molecule has 1 aromatic carbocycles. The average molecular weight is 239 g/mol. The van der Waals surface area contributed by atoms with Crippen LogP contribution in [0.2, 0.25) is 6.82 Å². The van der Waals surface area contributed by atoms with Crippen LogP contribution in [0.5, 0.6) is 11.6 Å². The van der Waals surface area contributed by atoms with Gasteiger partial charge in [-0.1, -0.05) is 19.0 Å². The lowest BCUT2D eigenvalue weighted by Gasteiger charge is -2.07. The summed E-state index contributed by atoms with van der Waals surface area (Å²) in [7, 11) is 0. The Hall–Kier alpha value is -1.81. The quantitative estimate of drug-likeness (QED) is 0.754. The summed E-state index contributed by atoms with van der Waals surface area (Å²) in [6.07, 6.45) is 0. The second kappa shape index (κ2) is 4.46. The third-order valence-electron chi connectivity index (χ3n) is 3.13. The van der Waals surface area contributed by atoms with Gasteiger partial charge in [-0.2, -0.15) is 0 Å². The fourth-order valence-electron chi connectivity index (χ4n) is 2.17. The van der Waals surface area contributed by atoms with Crippen molar-refractivity contribution in [1.82, 2.24) is 4.98 Å². The first-order valence-electron chi connectivity index (χ1n) is 6.08. The molecule has 0 bridgehead atoms. The second-order valence-corrected chi connectivity index (χ2v) is 4.53. The monoisotopic (exact) mass is 239 g/mol. The Morgan fingerprint density at radius 2 is 2.17 bits per heavy atom. The van der Waals surface area contributed by atoms with E-state index < -0.39 is 0 Å². The first kappa shape index (κ1) is 11.3. The predicted molar refractivity (Wildman–Crippen MR) is 71.5 cm³/mol. The van der Waals surface area contributed by atoms with Gasteiger partial charge in [0.1, 0.15) is 5.75 Å². The zero-order valence-corrected chi connectivity index (χ0v) is 10.5. The topological polar surface area (TPSA) is 31.4 Å². The minimum atomic E-state index is 0.186. The third kappa shape index (κ3) is 2.11. The van der Waals surface area contributed by atoms with E-state index in [1.807, 2.05) is 37.3 Å². The number of pyridine rings is 1. The molecule has 0 unspecified atom stereocenters. The Balaban J connectivity index is 1.86. The molecule has 3 rings (SSSR count). The summed E-state index contributed by atoms with van der Waals surface area (Å²) in [5.74, 6) is 1.44. The van der Waals surface area contributed by atoms with Gasteiger partial charge in [0.25, 0.3) is 0 Å². The van der Waals surface area contributed by atoms with E-state index in [-0.39, 0.29) is 6.92 Å². The number of ether oxygens (including phenoxy) is 1. The average Bonchev–Trinajstić information content (AvgIpc) is 2.71. The molecule has 1 aromatic heterocycles. The molecule has 0 N–H and O–H groups in total. The van der Waals surface area contributed by atoms with Crippen molar-refractivity contribution in [1.29, 1.82) is 0 Å². The molecule has 0 radical (unpaired) electrons. The molecule has 3 nitrogen and oxygen atoms in total. The molecule has 0 spiro atoms. The highest BCUT2D eigenvalue weighted by Gasteiger charge is 2.23. The number of aromatic nitrogens is 1. The number of fused-ring (bicyclic) bond motifs is 1. The summed E-state index contributed by atoms with van der Waals surface area (Å²) in [6, 6.07) is 11.8. The second-order valence-electron chi connectivity index (χ2n) is 4.53. The van der Waals surface area contributed by atoms with Gasteiger partial charge in [-0.05, 0) is 36.1 Å². The van der Waals surface area contributed by atoms with Gasteiger partial charge in [0.15, 0.2) is 0 Å². The fourth-order valence-corrected chi connectivity index (χ4v) is 2.17. The molecule has 2 heterocycles. The molecule has 0 saturated carbocycles. The maximum absolute atomic E-state index is 5.75. The molecular formula is C14H14BNO2. The van der Waals surface area contributed by atoms with Crippen LogP contribution in [0.1, 0.15) is 11.3 Å². The third-order valence-corrected chi connectivity index (χ3v) is 3.13. The number of hydrogen-bond acceptors (Lipinski definition) is 3. The summed E-state index contributed by atoms with van der Waals surface area (Å²) in [5.41, 5.74) is 3.40. The minimum absolute atomic E-state index is 0.186. The molecule has 18 heavy (non-hydrogen) atoms. The van der Waals surface area contributed by atoms with Crippen LogP contribution in [0.15, 0.2) is 36.4 Å². The summed E-state index contributed by atoms with van der Waals surface area (Å²) < 4.78 is 11.3. The van der Waals surface area contributed by atoms with E-state index >= 15 is 0 Å². The van der Waals surface area contributed by atoms with Gasteiger partial charge in [0.05, 0.1) is 6.61 Å². The van der Waals surface area contributed by atoms with E-state index in [1.54, 1.807) is 0 Å². The van der Waals surface area contributed by atoms with Crippen LogP contribution in [0.4, 0.5) is 0 Å². The van der Waals surface area contributed by atoms with Crippen LogP contribution >= 0.6 is 0 Å². The predicted octanol–water partition coefficient (Wildman–Crippen LogP) is 2.54. The van der Waals surface area contributed by atoms with E-state index in [1.165, 1.54) is 11.0 Å². The zero-order chi connectivity index (χ0) is 12.5. The highest BCUT2D eigenvalue weighted by atomic mass is 16.5. The van der Waals surface area contributed by atoms with Crippen molar-refractivity contribution in [2.45, 2.75) is 20.4 Å². The molecule has 4 heteroatoms. The number of benzene rings is 1. The lowest BCUT2D eigenvalue weighted by molar-refractivity contribution is 0.333. The van der Waals surface area contributed by atoms with Gasteiger partial charge >= 0.3 is 6.92 Å². The maximum Gasteiger partial charge on any atom is 0.324 e. The van der Waals surface area contributed by atoms with Gasteiger partial charge in [0, 0.05) is 11.8 Å². The van der Waals surface area contributed by atoms with Gasteiger partial charge in [-0.3, -0.25) is 0 Å². The summed E-state index contributed by atoms with van der Waals surface area (Å²) in [6.45, 7) is 4.86. The lowest BCUT2D eigenvalue weighted by atomic mass is 9.64. The molecule has 2 aromatic rings. The van der Waals surface area contributed by atoms with E-state index in [2.05, 4.69) is 17.9 Å². The molecule has 0 saturated heterocycles. The van der Waals surface area contributed by atoms with Crippen molar-refractivity contribution in [3.05, 3.63) is 47.7 Å². The summed E-state index contributed by atoms with van der Waals surface area (Å²) >= 11 is 0. The largest absolute Gasteiger partial charge is 0.439 e. The van der Waals surface area contributed by atoms with Crippen LogP contribution in [-0.2, 0) is 11.3 Å². The van der Waals surface area contributed by atoms with Crippen LogP contribution in [0.3, 0.4) is 0 Å². The Kier molecular flexibility index (Phi) is 2.80. The molecule has 0 aliphatic carbocycles. The van der Waals surface area contributed by atoms with Gasteiger partial charge < -0.3 is 9.39 Å². The number of aryl methyl sites for hydroxylation is 1. The summed E-state index contributed by atoms with van der Waals surface area (Å²) in [5, 5.41) is 0. The minimum Gasteiger partial charge on any atom is -0.439 e.